The molecular weight excluding hydrogens is 294 g/mol. The minimum absolute atomic E-state index is 0.460. The fraction of sp³-hybridized carbons (Fsp3) is 0.714. The normalized spacial score (nSPS) is 23.9. The maximum atomic E-state index is 3.76. The molecule has 96 valence electrons. The number of thiophene rings is 1. The van der Waals surface area contributed by atoms with E-state index in [4.69, 9.17) is 0 Å². The first-order valence-corrected chi connectivity index (χ1v) is 8.08. The van der Waals surface area contributed by atoms with Gasteiger partial charge in [-0.15, -0.1) is 11.3 Å². The largest absolute Gasteiger partial charge is 0.309 e. The summed E-state index contributed by atoms with van der Waals surface area (Å²) in [6.07, 6.45) is 5.47. The van der Waals surface area contributed by atoms with E-state index in [2.05, 4.69) is 48.1 Å². The standard InChI is InChI=1S/C14H22BrNS/c1-10-12(15)8-11(17-10)9-16-13-6-4-5-7-14(13,2)3/h8,13,16H,4-7,9H2,1-3H3. The summed E-state index contributed by atoms with van der Waals surface area (Å²) in [6, 6.07) is 2.93. The van der Waals surface area contributed by atoms with Gasteiger partial charge >= 0.3 is 0 Å². The Bertz CT molecular complexity index is 364. The molecule has 1 fully saturated rings. The predicted octanol–water partition coefficient (Wildman–Crippen LogP) is 4.88. The van der Waals surface area contributed by atoms with E-state index >= 15 is 0 Å². The minimum atomic E-state index is 0.460. The molecule has 1 heterocycles. The number of halogens is 1. The van der Waals surface area contributed by atoms with Gasteiger partial charge < -0.3 is 5.32 Å². The molecule has 1 aliphatic carbocycles. The second kappa shape index (κ2) is 5.41. The molecule has 2 rings (SSSR count). The molecule has 1 atom stereocenters. The van der Waals surface area contributed by atoms with Gasteiger partial charge in [0, 0.05) is 26.8 Å². The number of nitrogens with one attached hydrogen (secondary N) is 1. The van der Waals surface area contributed by atoms with Gasteiger partial charge in [0.25, 0.3) is 0 Å². The van der Waals surface area contributed by atoms with Gasteiger partial charge in [-0.05, 0) is 47.2 Å². The molecule has 1 unspecified atom stereocenters. The number of hydrogen-bond donors (Lipinski definition) is 1. The van der Waals surface area contributed by atoms with Crippen LogP contribution in [0.25, 0.3) is 0 Å². The number of aryl methyl sites for hydroxylation is 1. The zero-order valence-corrected chi connectivity index (χ0v) is 13.4. The summed E-state index contributed by atoms with van der Waals surface area (Å²) in [6.45, 7) is 7.99. The summed E-state index contributed by atoms with van der Waals surface area (Å²) in [7, 11) is 0. The van der Waals surface area contributed by atoms with Crippen LogP contribution >= 0.6 is 27.3 Å². The quantitative estimate of drug-likeness (QED) is 0.838. The van der Waals surface area contributed by atoms with Gasteiger partial charge in [0.1, 0.15) is 0 Å². The lowest BCUT2D eigenvalue weighted by Crippen LogP contribution is -2.43. The average molecular weight is 316 g/mol. The Hall–Kier alpha value is 0.140. The molecule has 0 saturated heterocycles. The summed E-state index contributed by atoms with van der Waals surface area (Å²) in [5.74, 6) is 0. The average Bonchev–Trinajstić information content (AvgIpc) is 2.56. The summed E-state index contributed by atoms with van der Waals surface area (Å²) in [5.41, 5.74) is 0.460. The van der Waals surface area contributed by atoms with Gasteiger partial charge in [-0.25, -0.2) is 0 Å². The van der Waals surface area contributed by atoms with Crippen LogP contribution in [0.2, 0.25) is 0 Å². The molecule has 1 aromatic heterocycles. The molecule has 17 heavy (non-hydrogen) atoms. The Morgan fingerprint density at radius 3 is 2.82 bits per heavy atom. The van der Waals surface area contributed by atoms with Crippen molar-refractivity contribution in [3.05, 3.63) is 20.3 Å². The van der Waals surface area contributed by atoms with Gasteiger partial charge in [-0.2, -0.15) is 0 Å². The highest BCUT2D eigenvalue weighted by Gasteiger charge is 2.31. The fourth-order valence-corrected chi connectivity index (χ4v) is 4.25. The van der Waals surface area contributed by atoms with Crippen molar-refractivity contribution in [2.75, 3.05) is 0 Å². The molecule has 0 bridgehead atoms. The van der Waals surface area contributed by atoms with Crippen molar-refractivity contribution < 1.29 is 0 Å². The Kier molecular flexibility index (Phi) is 4.32. The van der Waals surface area contributed by atoms with Gasteiger partial charge in [0.05, 0.1) is 0 Å². The zero-order valence-electron chi connectivity index (χ0n) is 11.0. The van der Waals surface area contributed by atoms with Crippen LogP contribution in [0.15, 0.2) is 10.5 Å². The Morgan fingerprint density at radius 1 is 1.47 bits per heavy atom. The lowest BCUT2D eigenvalue weighted by atomic mass is 9.73. The predicted molar refractivity (Wildman–Crippen MR) is 79.6 cm³/mol. The molecule has 0 aliphatic heterocycles. The monoisotopic (exact) mass is 315 g/mol. The summed E-state index contributed by atoms with van der Waals surface area (Å²) < 4.78 is 1.25. The van der Waals surface area contributed by atoms with Crippen LogP contribution in [0.4, 0.5) is 0 Å². The van der Waals surface area contributed by atoms with Gasteiger partial charge in [0.2, 0.25) is 0 Å². The van der Waals surface area contributed by atoms with Crippen LogP contribution in [0, 0.1) is 12.3 Å². The minimum Gasteiger partial charge on any atom is -0.309 e. The van der Waals surface area contributed by atoms with Gasteiger partial charge in [-0.1, -0.05) is 26.7 Å². The fourth-order valence-electron chi connectivity index (χ4n) is 2.70. The molecule has 0 aromatic carbocycles. The van der Waals surface area contributed by atoms with Crippen LogP contribution in [-0.2, 0) is 6.54 Å². The first-order valence-electron chi connectivity index (χ1n) is 6.47. The van der Waals surface area contributed by atoms with Crippen LogP contribution in [0.5, 0.6) is 0 Å². The van der Waals surface area contributed by atoms with Crippen LogP contribution < -0.4 is 5.32 Å². The SMILES string of the molecule is Cc1sc(CNC2CCCCC2(C)C)cc1Br. The number of hydrogen-bond acceptors (Lipinski definition) is 2. The van der Waals surface area contributed by atoms with Crippen molar-refractivity contribution in [2.45, 2.75) is 59.0 Å². The lowest BCUT2D eigenvalue weighted by Gasteiger charge is -2.39. The second-order valence-corrected chi connectivity index (χ2v) is 7.98. The molecule has 1 aromatic rings. The maximum Gasteiger partial charge on any atom is 0.0314 e. The third-order valence-corrected chi connectivity index (χ3v) is 6.07. The van der Waals surface area contributed by atoms with Crippen molar-refractivity contribution in [2.24, 2.45) is 5.41 Å². The summed E-state index contributed by atoms with van der Waals surface area (Å²) in [4.78, 5) is 2.82. The van der Waals surface area contributed by atoms with E-state index in [0.717, 1.165) is 6.54 Å². The molecular formula is C14H22BrNS. The Labute approximate surface area is 117 Å². The zero-order chi connectivity index (χ0) is 12.5. The molecule has 3 heteroatoms. The van der Waals surface area contributed by atoms with Crippen molar-refractivity contribution in [1.29, 1.82) is 0 Å². The third-order valence-electron chi connectivity index (χ3n) is 3.94. The highest BCUT2D eigenvalue weighted by molar-refractivity contribution is 9.10. The van der Waals surface area contributed by atoms with E-state index in [1.807, 2.05) is 11.3 Å². The highest BCUT2D eigenvalue weighted by Crippen LogP contribution is 2.36. The molecule has 1 N–H and O–H groups in total. The summed E-state index contributed by atoms with van der Waals surface area (Å²) in [5, 5.41) is 3.76. The third kappa shape index (κ3) is 3.33. The van der Waals surface area contributed by atoms with Gasteiger partial charge in [0.15, 0.2) is 0 Å². The van der Waals surface area contributed by atoms with E-state index in [-0.39, 0.29) is 0 Å². The van der Waals surface area contributed by atoms with E-state index in [1.54, 1.807) is 0 Å². The van der Waals surface area contributed by atoms with E-state index in [0.29, 0.717) is 11.5 Å². The molecule has 0 spiro atoms. The molecule has 1 nitrogen and oxygen atoms in total. The van der Waals surface area contributed by atoms with Crippen molar-refractivity contribution in [1.82, 2.24) is 5.32 Å². The van der Waals surface area contributed by atoms with Gasteiger partial charge in [-0.3, -0.25) is 0 Å². The second-order valence-electron chi connectivity index (χ2n) is 5.78. The van der Waals surface area contributed by atoms with E-state index in [9.17, 15) is 0 Å². The molecule has 1 aliphatic rings. The maximum absolute atomic E-state index is 3.76. The van der Waals surface area contributed by atoms with E-state index in [1.165, 1.54) is 39.9 Å². The van der Waals surface area contributed by atoms with E-state index < -0.39 is 0 Å². The first kappa shape index (κ1) is 13.6. The highest BCUT2D eigenvalue weighted by atomic mass is 79.9. The number of rotatable bonds is 3. The Balaban J connectivity index is 1.93. The first-order chi connectivity index (χ1) is 7.99. The van der Waals surface area contributed by atoms with Crippen LogP contribution in [-0.4, -0.2) is 6.04 Å². The Morgan fingerprint density at radius 2 is 2.24 bits per heavy atom. The van der Waals surface area contributed by atoms with Crippen molar-refractivity contribution in [3.63, 3.8) is 0 Å². The topological polar surface area (TPSA) is 12.0 Å². The van der Waals surface area contributed by atoms with Crippen LogP contribution in [0.1, 0.15) is 49.3 Å². The van der Waals surface area contributed by atoms with Crippen LogP contribution in [0.3, 0.4) is 0 Å². The molecule has 0 amide bonds. The molecule has 0 radical (unpaired) electrons. The smallest absolute Gasteiger partial charge is 0.0314 e. The lowest BCUT2D eigenvalue weighted by molar-refractivity contribution is 0.167. The summed E-state index contributed by atoms with van der Waals surface area (Å²) >= 11 is 5.48. The van der Waals surface area contributed by atoms with Crippen molar-refractivity contribution in [3.8, 4) is 0 Å². The van der Waals surface area contributed by atoms with Crippen molar-refractivity contribution >= 4 is 27.3 Å². The molecule has 1 saturated carbocycles.